The molecule has 0 radical (unpaired) electrons. The van der Waals surface area contributed by atoms with E-state index in [1.54, 1.807) is 0 Å². The first kappa shape index (κ1) is 14.8. The maximum absolute atomic E-state index is 12.3. The summed E-state index contributed by atoms with van der Waals surface area (Å²) in [6.45, 7) is 8.70. The van der Waals surface area contributed by atoms with Crippen molar-refractivity contribution in [3.63, 3.8) is 0 Å². The lowest BCUT2D eigenvalue weighted by Gasteiger charge is -2.34. The fourth-order valence-electron chi connectivity index (χ4n) is 3.33. The first-order valence-electron chi connectivity index (χ1n) is 7.99. The van der Waals surface area contributed by atoms with Crippen molar-refractivity contribution in [1.82, 2.24) is 15.5 Å². The van der Waals surface area contributed by atoms with E-state index < -0.39 is 0 Å². The van der Waals surface area contributed by atoms with Crippen LogP contribution in [0.3, 0.4) is 0 Å². The molecule has 2 fully saturated rings. The summed E-state index contributed by atoms with van der Waals surface area (Å²) in [6, 6.07) is 0.390. The van der Waals surface area contributed by atoms with Gasteiger partial charge in [0.2, 0.25) is 5.91 Å². The topological polar surface area (TPSA) is 44.4 Å². The van der Waals surface area contributed by atoms with E-state index in [1.807, 2.05) is 0 Å². The van der Waals surface area contributed by atoms with Crippen molar-refractivity contribution >= 4 is 5.91 Å². The molecule has 110 valence electrons. The Balaban J connectivity index is 1.79. The Kier molecular flexibility index (Phi) is 5.64. The van der Waals surface area contributed by atoms with Crippen molar-refractivity contribution < 1.29 is 4.79 Å². The number of carbonyl (C=O) groups is 1. The van der Waals surface area contributed by atoms with E-state index in [2.05, 4.69) is 29.4 Å². The second kappa shape index (κ2) is 7.25. The molecule has 1 amide bonds. The van der Waals surface area contributed by atoms with Crippen LogP contribution in [0.1, 0.15) is 46.0 Å². The third kappa shape index (κ3) is 4.18. The fraction of sp³-hybridized carbons (Fsp3) is 0.933. The molecule has 0 aromatic rings. The Bertz CT molecular complexity index is 295. The zero-order valence-corrected chi connectivity index (χ0v) is 12.5. The lowest BCUT2D eigenvalue weighted by molar-refractivity contribution is -0.125. The largest absolute Gasteiger partial charge is 0.351 e. The van der Waals surface area contributed by atoms with Gasteiger partial charge >= 0.3 is 0 Å². The van der Waals surface area contributed by atoms with Gasteiger partial charge < -0.3 is 15.5 Å². The zero-order chi connectivity index (χ0) is 13.7. The monoisotopic (exact) mass is 267 g/mol. The zero-order valence-electron chi connectivity index (χ0n) is 12.5. The lowest BCUT2D eigenvalue weighted by atomic mass is 9.90. The van der Waals surface area contributed by atoms with Gasteiger partial charge in [0.25, 0.3) is 0 Å². The van der Waals surface area contributed by atoms with Gasteiger partial charge in [0.05, 0.1) is 6.04 Å². The van der Waals surface area contributed by atoms with Crippen molar-refractivity contribution in [2.24, 2.45) is 5.92 Å². The van der Waals surface area contributed by atoms with Gasteiger partial charge in [0.15, 0.2) is 0 Å². The third-order valence-corrected chi connectivity index (χ3v) is 4.71. The summed E-state index contributed by atoms with van der Waals surface area (Å²) in [4.78, 5) is 14.8. The van der Waals surface area contributed by atoms with Gasteiger partial charge in [-0.05, 0) is 51.2 Å². The number of nitrogens with one attached hydrogen (secondary N) is 2. The van der Waals surface area contributed by atoms with Crippen LogP contribution in [-0.4, -0.2) is 49.1 Å². The summed E-state index contributed by atoms with van der Waals surface area (Å²) in [5, 5.41) is 6.63. The Morgan fingerprint density at radius 2 is 2.21 bits per heavy atom. The van der Waals surface area contributed by atoms with Crippen molar-refractivity contribution in [3.05, 3.63) is 0 Å². The van der Waals surface area contributed by atoms with Crippen LogP contribution in [0.4, 0.5) is 0 Å². The molecular formula is C15H29N3O. The van der Waals surface area contributed by atoms with Crippen LogP contribution in [0, 0.1) is 5.92 Å². The maximum Gasteiger partial charge on any atom is 0.237 e. The number of hydrogen-bond acceptors (Lipinski definition) is 3. The van der Waals surface area contributed by atoms with Gasteiger partial charge in [-0.2, -0.15) is 0 Å². The van der Waals surface area contributed by atoms with Crippen molar-refractivity contribution in [1.29, 1.82) is 0 Å². The maximum atomic E-state index is 12.3. The Hall–Kier alpha value is -0.610. The van der Waals surface area contributed by atoms with Crippen molar-refractivity contribution in [3.8, 4) is 0 Å². The smallest absolute Gasteiger partial charge is 0.237 e. The molecule has 2 aliphatic rings. The molecule has 0 spiro atoms. The van der Waals surface area contributed by atoms with Crippen LogP contribution in [0.2, 0.25) is 0 Å². The molecule has 2 N–H and O–H groups in total. The number of piperidine rings is 2. The van der Waals surface area contributed by atoms with E-state index in [4.69, 9.17) is 0 Å². The second-order valence-electron chi connectivity index (χ2n) is 6.05. The molecule has 0 aromatic carbocycles. The predicted molar refractivity (Wildman–Crippen MR) is 78.1 cm³/mol. The molecule has 19 heavy (non-hydrogen) atoms. The van der Waals surface area contributed by atoms with E-state index in [-0.39, 0.29) is 11.9 Å². The number of rotatable bonds is 4. The van der Waals surface area contributed by atoms with Gasteiger partial charge in [-0.25, -0.2) is 0 Å². The van der Waals surface area contributed by atoms with Crippen molar-refractivity contribution in [2.75, 3.05) is 26.2 Å². The molecule has 4 heteroatoms. The van der Waals surface area contributed by atoms with E-state index >= 15 is 0 Å². The Labute approximate surface area is 117 Å². The van der Waals surface area contributed by atoms with Crippen LogP contribution in [0.15, 0.2) is 0 Å². The first-order chi connectivity index (χ1) is 9.22. The molecule has 3 atom stereocenters. The van der Waals surface area contributed by atoms with Gasteiger partial charge in [-0.15, -0.1) is 0 Å². The van der Waals surface area contributed by atoms with Gasteiger partial charge in [0, 0.05) is 12.6 Å². The van der Waals surface area contributed by atoms with Crippen LogP contribution in [0.25, 0.3) is 0 Å². The Morgan fingerprint density at radius 1 is 1.37 bits per heavy atom. The van der Waals surface area contributed by atoms with E-state index in [9.17, 15) is 4.79 Å². The molecule has 2 heterocycles. The molecule has 4 nitrogen and oxygen atoms in total. The first-order valence-corrected chi connectivity index (χ1v) is 7.99. The highest BCUT2D eigenvalue weighted by molar-refractivity contribution is 5.82. The average molecular weight is 267 g/mol. The number of carbonyl (C=O) groups excluding carboxylic acids is 1. The molecule has 2 aliphatic heterocycles. The summed E-state index contributed by atoms with van der Waals surface area (Å²) in [6.07, 6.45) is 5.75. The van der Waals surface area contributed by atoms with Crippen molar-refractivity contribution in [2.45, 2.75) is 58.0 Å². The summed E-state index contributed by atoms with van der Waals surface area (Å²) in [5.41, 5.74) is 0. The standard InChI is InChI=1S/C15H29N3O/c1-3-12-7-8-16-14(10-12)15(19)17-13-6-5-9-18(4-2)11-13/h12-14,16H,3-11H2,1-2H3,(H,17,19). The summed E-state index contributed by atoms with van der Waals surface area (Å²) < 4.78 is 0. The van der Waals surface area contributed by atoms with Crippen LogP contribution in [0.5, 0.6) is 0 Å². The van der Waals surface area contributed by atoms with E-state index in [0.717, 1.165) is 38.4 Å². The summed E-state index contributed by atoms with van der Waals surface area (Å²) >= 11 is 0. The van der Waals surface area contributed by atoms with E-state index in [1.165, 1.54) is 25.8 Å². The van der Waals surface area contributed by atoms with Crippen LogP contribution >= 0.6 is 0 Å². The van der Waals surface area contributed by atoms with Crippen LogP contribution < -0.4 is 10.6 Å². The fourth-order valence-corrected chi connectivity index (χ4v) is 3.33. The van der Waals surface area contributed by atoms with Gasteiger partial charge in [0.1, 0.15) is 0 Å². The number of amides is 1. The molecule has 3 unspecified atom stereocenters. The normalized spacial score (nSPS) is 33.1. The number of nitrogens with zero attached hydrogens (tertiary/aromatic N) is 1. The minimum Gasteiger partial charge on any atom is -0.351 e. The van der Waals surface area contributed by atoms with E-state index in [0.29, 0.717) is 6.04 Å². The average Bonchev–Trinajstić information content (AvgIpc) is 2.47. The quantitative estimate of drug-likeness (QED) is 0.808. The second-order valence-corrected chi connectivity index (χ2v) is 6.05. The molecule has 2 saturated heterocycles. The summed E-state index contributed by atoms with van der Waals surface area (Å²) in [5.74, 6) is 0.941. The highest BCUT2D eigenvalue weighted by atomic mass is 16.2. The SMILES string of the molecule is CCC1CCNC(C(=O)NC2CCCN(CC)C2)C1. The Morgan fingerprint density at radius 3 is 2.95 bits per heavy atom. The number of likely N-dealkylation sites (N-methyl/N-ethyl adjacent to an activating group) is 1. The lowest BCUT2D eigenvalue weighted by Crippen LogP contribution is -2.54. The molecular weight excluding hydrogens is 238 g/mol. The molecule has 0 aromatic heterocycles. The van der Waals surface area contributed by atoms with Gasteiger partial charge in [-0.1, -0.05) is 20.3 Å². The van der Waals surface area contributed by atoms with Crippen LogP contribution in [-0.2, 0) is 4.79 Å². The molecule has 0 saturated carbocycles. The van der Waals surface area contributed by atoms with Gasteiger partial charge in [-0.3, -0.25) is 4.79 Å². The molecule has 0 aliphatic carbocycles. The molecule has 0 bridgehead atoms. The highest BCUT2D eigenvalue weighted by Gasteiger charge is 2.28. The number of hydrogen-bond donors (Lipinski definition) is 2. The molecule has 2 rings (SSSR count). The predicted octanol–water partition coefficient (Wildman–Crippen LogP) is 1.37. The summed E-state index contributed by atoms with van der Waals surface area (Å²) in [7, 11) is 0. The highest BCUT2D eigenvalue weighted by Crippen LogP contribution is 2.19. The number of likely N-dealkylation sites (tertiary alicyclic amines) is 1. The minimum absolute atomic E-state index is 0.0377. The third-order valence-electron chi connectivity index (χ3n) is 4.71. The minimum atomic E-state index is 0.0377.